The monoisotopic (exact) mass is 570 g/mol. The van der Waals surface area contributed by atoms with Crippen molar-refractivity contribution in [2.45, 2.75) is 82.0 Å². The van der Waals surface area contributed by atoms with E-state index in [-0.39, 0.29) is 55.2 Å². The number of carboxylic acids is 1. The third kappa shape index (κ3) is 7.16. The van der Waals surface area contributed by atoms with Crippen molar-refractivity contribution in [1.82, 2.24) is 20.0 Å². The lowest BCUT2D eigenvalue weighted by atomic mass is 10.0. The van der Waals surface area contributed by atoms with E-state index in [1.807, 2.05) is 0 Å². The number of nitrogens with zero attached hydrogens (tertiary/aromatic N) is 3. The molecule has 218 valence electrons. The van der Waals surface area contributed by atoms with Gasteiger partial charge >= 0.3 is 12.1 Å². The lowest BCUT2D eigenvalue weighted by molar-refractivity contribution is -0.142. The quantitative estimate of drug-likeness (QED) is 0.399. The summed E-state index contributed by atoms with van der Waals surface area (Å²) >= 11 is 0. The van der Waals surface area contributed by atoms with Crippen molar-refractivity contribution in [2.24, 2.45) is 0 Å². The number of likely N-dealkylation sites (tertiary alicyclic amines) is 1. The molecule has 0 unspecified atom stereocenters. The maximum Gasteiger partial charge on any atom is 0.417 e. The van der Waals surface area contributed by atoms with Gasteiger partial charge in [-0.2, -0.15) is 18.3 Å². The molecule has 40 heavy (non-hydrogen) atoms. The molecule has 1 aliphatic carbocycles. The van der Waals surface area contributed by atoms with E-state index in [9.17, 15) is 41.4 Å². The van der Waals surface area contributed by atoms with Crippen LogP contribution < -0.4 is 5.32 Å². The fraction of sp³-hybridized carbons (Fsp3) is 0.556. The Kier molecular flexibility index (Phi) is 8.79. The van der Waals surface area contributed by atoms with Crippen LogP contribution in [0.5, 0.6) is 0 Å². The van der Waals surface area contributed by atoms with Crippen LogP contribution in [-0.4, -0.2) is 62.6 Å². The number of nitrogens with one attached hydrogen (secondary N) is 1. The molecule has 2 aliphatic rings. The van der Waals surface area contributed by atoms with E-state index in [0.29, 0.717) is 12.8 Å². The first-order chi connectivity index (χ1) is 18.8. The van der Waals surface area contributed by atoms with Gasteiger partial charge in [-0.15, -0.1) is 0 Å². The molecular weight excluding hydrogens is 539 g/mol. The van der Waals surface area contributed by atoms with Crippen molar-refractivity contribution in [3.8, 4) is 11.3 Å². The SMILES string of the molecule is O=C(O)C[C@H](CCC(=O)N1CCCC(F)(F)C1)NC(=O)c1cc(-c2ccccc2C(F)(F)F)n(C2CCCC2)n1. The minimum absolute atomic E-state index is 0.119. The zero-order chi connectivity index (χ0) is 29.1. The molecule has 1 aromatic heterocycles. The number of carbonyl (C=O) groups excluding carboxylic acids is 2. The van der Waals surface area contributed by atoms with E-state index < -0.39 is 54.5 Å². The zero-order valence-corrected chi connectivity index (χ0v) is 21.7. The van der Waals surface area contributed by atoms with Crippen molar-refractivity contribution in [3.63, 3.8) is 0 Å². The molecule has 1 saturated carbocycles. The minimum Gasteiger partial charge on any atom is -0.481 e. The summed E-state index contributed by atoms with van der Waals surface area (Å²) in [4.78, 5) is 38.2. The van der Waals surface area contributed by atoms with Crippen LogP contribution in [-0.2, 0) is 15.8 Å². The molecule has 4 rings (SSSR count). The molecule has 0 spiro atoms. The summed E-state index contributed by atoms with van der Waals surface area (Å²) in [5.74, 6) is -5.60. The Hall–Kier alpha value is -3.51. The molecule has 2 amide bonds. The summed E-state index contributed by atoms with van der Waals surface area (Å²) in [6.07, 6.45) is -2.61. The number of aliphatic carboxylic acids is 1. The molecule has 0 radical (unpaired) electrons. The minimum atomic E-state index is -4.64. The predicted octanol–water partition coefficient (Wildman–Crippen LogP) is 5.30. The topological polar surface area (TPSA) is 105 Å². The molecule has 1 aromatic carbocycles. The second kappa shape index (κ2) is 11.9. The van der Waals surface area contributed by atoms with Crippen LogP contribution in [0.25, 0.3) is 11.3 Å². The molecule has 8 nitrogen and oxygen atoms in total. The fourth-order valence-electron chi connectivity index (χ4n) is 5.42. The van der Waals surface area contributed by atoms with Crippen LogP contribution in [0, 0.1) is 0 Å². The second-order valence-corrected chi connectivity index (χ2v) is 10.4. The Labute approximate surface area is 227 Å². The normalized spacial score (nSPS) is 18.5. The van der Waals surface area contributed by atoms with Crippen LogP contribution >= 0.6 is 0 Å². The second-order valence-electron chi connectivity index (χ2n) is 10.4. The molecule has 1 saturated heterocycles. The summed E-state index contributed by atoms with van der Waals surface area (Å²) in [5.41, 5.74) is -1.05. The highest BCUT2D eigenvalue weighted by Gasteiger charge is 2.38. The average Bonchev–Trinajstić information content (AvgIpc) is 3.56. The van der Waals surface area contributed by atoms with Crippen LogP contribution in [0.1, 0.15) is 79.9 Å². The molecule has 13 heteroatoms. The molecule has 2 aromatic rings. The summed E-state index contributed by atoms with van der Waals surface area (Å²) in [7, 11) is 0. The number of amides is 2. The van der Waals surface area contributed by atoms with Gasteiger partial charge in [0.15, 0.2) is 5.69 Å². The highest BCUT2D eigenvalue weighted by Crippen LogP contribution is 2.40. The Morgan fingerprint density at radius 3 is 2.48 bits per heavy atom. The van der Waals surface area contributed by atoms with Gasteiger partial charge in [0.2, 0.25) is 5.91 Å². The summed E-state index contributed by atoms with van der Waals surface area (Å²) in [5, 5.41) is 16.2. The third-order valence-electron chi connectivity index (χ3n) is 7.36. The van der Waals surface area contributed by atoms with Crippen molar-refractivity contribution < 1.29 is 41.4 Å². The largest absolute Gasteiger partial charge is 0.481 e. The van der Waals surface area contributed by atoms with E-state index in [0.717, 1.165) is 23.8 Å². The summed E-state index contributed by atoms with van der Waals surface area (Å²) < 4.78 is 70.2. The zero-order valence-electron chi connectivity index (χ0n) is 21.7. The van der Waals surface area contributed by atoms with Crippen molar-refractivity contribution in [3.05, 3.63) is 41.6 Å². The van der Waals surface area contributed by atoms with Gasteiger partial charge in [-0.05, 0) is 37.8 Å². The van der Waals surface area contributed by atoms with Gasteiger partial charge in [0, 0.05) is 31.0 Å². The van der Waals surface area contributed by atoms with Crippen molar-refractivity contribution in [2.75, 3.05) is 13.1 Å². The van der Waals surface area contributed by atoms with E-state index in [1.54, 1.807) is 0 Å². The van der Waals surface area contributed by atoms with Gasteiger partial charge in [0.25, 0.3) is 11.8 Å². The molecule has 2 fully saturated rings. The van der Waals surface area contributed by atoms with Gasteiger partial charge in [-0.25, -0.2) is 8.78 Å². The highest BCUT2D eigenvalue weighted by atomic mass is 19.4. The van der Waals surface area contributed by atoms with Crippen molar-refractivity contribution in [1.29, 1.82) is 0 Å². The van der Waals surface area contributed by atoms with Gasteiger partial charge in [-0.1, -0.05) is 31.0 Å². The van der Waals surface area contributed by atoms with E-state index in [2.05, 4.69) is 10.4 Å². The van der Waals surface area contributed by atoms with E-state index >= 15 is 0 Å². The summed E-state index contributed by atoms with van der Waals surface area (Å²) in [6.45, 7) is -0.534. The molecule has 1 atom stereocenters. The smallest absolute Gasteiger partial charge is 0.417 e. The fourth-order valence-corrected chi connectivity index (χ4v) is 5.42. The van der Waals surface area contributed by atoms with Gasteiger partial charge in [-0.3, -0.25) is 19.1 Å². The number of aromatic nitrogens is 2. The van der Waals surface area contributed by atoms with E-state index in [1.165, 1.54) is 28.9 Å². The van der Waals surface area contributed by atoms with Crippen LogP contribution in [0.3, 0.4) is 0 Å². The number of benzene rings is 1. The third-order valence-corrected chi connectivity index (χ3v) is 7.36. The highest BCUT2D eigenvalue weighted by molar-refractivity contribution is 5.94. The standard InChI is InChI=1S/C27H31F5N4O4/c28-26(29)12-5-13-35(16-26)23(37)11-10-17(14-24(38)39)33-25(40)21-15-22(36(34-21)18-6-1-2-7-18)19-8-3-4-9-20(19)27(30,31)32/h3-4,8-9,15,17-18H,1-2,5-7,10-14,16H2,(H,33,40)(H,38,39)/t17-/m0/s1. The molecule has 1 aliphatic heterocycles. The first-order valence-corrected chi connectivity index (χ1v) is 13.3. The Morgan fingerprint density at radius 1 is 1.12 bits per heavy atom. The number of alkyl halides is 5. The maximum absolute atomic E-state index is 13.8. The Bertz CT molecular complexity index is 1240. The van der Waals surface area contributed by atoms with Gasteiger partial charge in [0.05, 0.1) is 30.3 Å². The lowest BCUT2D eigenvalue weighted by Crippen LogP contribution is -2.46. The number of hydrogen-bond donors (Lipinski definition) is 2. The van der Waals surface area contributed by atoms with Gasteiger partial charge in [0.1, 0.15) is 0 Å². The number of piperidine rings is 1. The predicted molar refractivity (Wildman–Crippen MR) is 134 cm³/mol. The average molecular weight is 571 g/mol. The maximum atomic E-state index is 13.8. The summed E-state index contributed by atoms with van der Waals surface area (Å²) in [6, 6.07) is 5.05. The number of carbonyl (C=O) groups is 3. The number of rotatable bonds is 9. The number of halogens is 5. The molecule has 0 bridgehead atoms. The van der Waals surface area contributed by atoms with E-state index in [4.69, 9.17) is 0 Å². The van der Waals surface area contributed by atoms with Gasteiger partial charge < -0.3 is 15.3 Å². The van der Waals surface area contributed by atoms with Crippen LogP contribution in [0.15, 0.2) is 30.3 Å². The van der Waals surface area contributed by atoms with Crippen LogP contribution in [0.2, 0.25) is 0 Å². The van der Waals surface area contributed by atoms with Crippen LogP contribution in [0.4, 0.5) is 22.0 Å². The number of carboxylic acid groups (broad SMARTS) is 1. The Balaban J connectivity index is 1.54. The molecule has 2 N–H and O–H groups in total. The number of hydrogen-bond acceptors (Lipinski definition) is 4. The lowest BCUT2D eigenvalue weighted by Gasteiger charge is -2.32. The van der Waals surface area contributed by atoms with Crippen molar-refractivity contribution >= 4 is 17.8 Å². The Morgan fingerprint density at radius 2 is 1.82 bits per heavy atom. The molecular formula is C27H31F5N4O4. The first kappa shape index (κ1) is 29.5. The first-order valence-electron chi connectivity index (χ1n) is 13.3. The molecule has 2 heterocycles.